The molecule has 1 rings (SSSR count). The molecule has 1 amide bonds. The first-order valence-corrected chi connectivity index (χ1v) is 5.88. The summed E-state index contributed by atoms with van der Waals surface area (Å²) in [7, 11) is 0. The highest BCUT2D eigenvalue weighted by Gasteiger charge is 2.19. The lowest BCUT2D eigenvalue weighted by molar-refractivity contribution is 0.144. The Morgan fingerprint density at radius 3 is 2.75 bits per heavy atom. The number of carbonyl (C=O) groups excluding carboxylic acids is 1. The van der Waals surface area contributed by atoms with E-state index in [1.807, 2.05) is 0 Å². The molecule has 1 heterocycles. The number of piperidine rings is 1. The number of nitrogens with zero attached hydrogens (tertiary/aromatic N) is 1. The third kappa shape index (κ3) is 4.11. The first kappa shape index (κ1) is 12.9. The molecule has 1 aliphatic heterocycles. The van der Waals surface area contributed by atoms with Crippen molar-refractivity contribution in [2.75, 3.05) is 26.2 Å². The Balaban J connectivity index is 2.31. The summed E-state index contributed by atoms with van der Waals surface area (Å²) in [5, 5.41) is 2.69. The second-order valence-corrected chi connectivity index (χ2v) is 3.88. The van der Waals surface area contributed by atoms with Gasteiger partial charge in [-0.15, -0.1) is 6.42 Å². The SMILES string of the molecule is C#C[C@H](CNC(=O)OCC)N1CCCCC1. The fourth-order valence-electron chi connectivity index (χ4n) is 1.89. The molecule has 1 atom stereocenters. The number of likely N-dealkylation sites (tertiary alicyclic amines) is 1. The predicted molar refractivity (Wildman–Crippen MR) is 63.1 cm³/mol. The normalized spacial score (nSPS) is 18.5. The monoisotopic (exact) mass is 224 g/mol. The van der Waals surface area contributed by atoms with Gasteiger partial charge in [0, 0.05) is 6.54 Å². The van der Waals surface area contributed by atoms with Crippen LogP contribution in [0.4, 0.5) is 4.79 Å². The molecule has 1 fully saturated rings. The highest BCUT2D eigenvalue weighted by Crippen LogP contribution is 2.11. The van der Waals surface area contributed by atoms with Gasteiger partial charge < -0.3 is 10.1 Å². The predicted octanol–water partition coefficient (Wildman–Crippen LogP) is 1.22. The van der Waals surface area contributed by atoms with Crippen molar-refractivity contribution in [3.8, 4) is 12.3 Å². The summed E-state index contributed by atoms with van der Waals surface area (Å²) in [6, 6.07) is -0.00953. The fourth-order valence-corrected chi connectivity index (χ4v) is 1.89. The zero-order chi connectivity index (χ0) is 11.8. The maximum absolute atomic E-state index is 11.1. The molecule has 0 aromatic rings. The van der Waals surface area contributed by atoms with Gasteiger partial charge in [0.2, 0.25) is 0 Å². The van der Waals surface area contributed by atoms with Gasteiger partial charge in [0.15, 0.2) is 0 Å². The van der Waals surface area contributed by atoms with Crippen LogP contribution in [-0.4, -0.2) is 43.3 Å². The Labute approximate surface area is 97.3 Å². The van der Waals surface area contributed by atoms with Gasteiger partial charge in [-0.05, 0) is 32.9 Å². The van der Waals surface area contributed by atoms with Crippen LogP contribution in [0.15, 0.2) is 0 Å². The topological polar surface area (TPSA) is 41.6 Å². The summed E-state index contributed by atoms with van der Waals surface area (Å²) in [6.45, 7) is 4.69. The average Bonchev–Trinajstić information content (AvgIpc) is 2.31. The molecule has 16 heavy (non-hydrogen) atoms. The Morgan fingerprint density at radius 2 is 2.19 bits per heavy atom. The van der Waals surface area contributed by atoms with Crippen molar-refractivity contribution in [3.63, 3.8) is 0 Å². The summed E-state index contributed by atoms with van der Waals surface area (Å²) in [5.41, 5.74) is 0. The van der Waals surface area contributed by atoms with Gasteiger partial charge >= 0.3 is 6.09 Å². The molecule has 0 aliphatic carbocycles. The van der Waals surface area contributed by atoms with Gasteiger partial charge in [-0.1, -0.05) is 12.3 Å². The molecular formula is C12H20N2O2. The Morgan fingerprint density at radius 1 is 1.50 bits per heavy atom. The zero-order valence-electron chi connectivity index (χ0n) is 9.87. The largest absolute Gasteiger partial charge is 0.450 e. The summed E-state index contributed by atoms with van der Waals surface area (Å²) in [5.74, 6) is 2.72. The van der Waals surface area contributed by atoms with Crippen molar-refractivity contribution in [2.45, 2.75) is 32.2 Å². The van der Waals surface area contributed by atoms with Crippen LogP contribution in [0.3, 0.4) is 0 Å². The summed E-state index contributed by atoms with van der Waals surface area (Å²) in [6.07, 6.45) is 8.75. The van der Waals surface area contributed by atoms with E-state index in [4.69, 9.17) is 11.2 Å². The summed E-state index contributed by atoms with van der Waals surface area (Å²) in [4.78, 5) is 13.4. The van der Waals surface area contributed by atoms with Crippen LogP contribution in [0.2, 0.25) is 0 Å². The van der Waals surface area contributed by atoms with Crippen LogP contribution >= 0.6 is 0 Å². The zero-order valence-corrected chi connectivity index (χ0v) is 9.87. The molecule has 4 heteroatoms. The second kappa shape index (κ2) is 7.13. The van der Waals surface area contributed by atoms with Crippen molar-refractivity contribution in [1.82, 2.24) is 10.2 Å². The first-order valence-electron chi connectivity index (χ1n) is 5.88. The van der Waals surface area contributed by atoms with Gasteiger partial charge in [-0.2, -0.15) is 0 Å². The molecule has 4 nitrogen and oxygen atoms in total. The lowest BCUT2D eigenvalue weighted by Crippen LogP contribution is -2.45. The molecule has 0 aromatic carbocycles. The van der Waals surface area contributed by atoms with Gasteiger partial charge in [-0.25, -0.2) is 4.79 Å². The van der Waals surface area contributed by atoms with Gasteiger partial charge in [0.1, 0.15) is 0 Å². The standard InChI is InChI=1S/C12H20N2O2/c1-3-11(10-13-12(15)16-4-2)14-8-6-5-7-9-14/h1,11H,4-10H2,2H3,(H,13,15)/t11-/m1/s1. The quantitative estimate of drug-likeness (QED) is 0.730. The molecule has 0 unspecified atom stereocenters. The maximum Gasteiger partial charge on any atom is 0.407 e. The van der Waals surface area contributed by atoms with Crippen LogP contribution in [0.1, 0.15) is 26.2 Å². The van der Waals surface area contributed by atoms with Crippen molar-refractivity contribution in [1.29, 1.82) is 0 Å². The van der Waals surface area contributed by atoms with Gasteiger partial charge in [-0.3, -0.25) is 4.90 Å². The van der Waals surface area contributed by atoms with Crippen LogP contribution in [-0.2, 0) is 4.74 Å². The Kier molecular flexibility index (Phi) is 5.73. The number of ether oxygens (including phenoxy) is 1. The summed E-state index contributed by atoms with van der Waals surface area (Å²) >= 11 is 0. The van der Waals surface area contributed by atoms with Gasteiger partial charge in [0.25, 0.3) is 0 Å². The smallest absolute Gasteiger partial charge is 0.407 e. The third-order valence-electron chi connectivity index (χ3n) is 2.74. The number of amides is 1. The Hall–Kier alpha value is -1.21. The minimum atomic E-state index is -0.389. The highest BCUT2D eigenvalue weighted by molar-refractivity contribution is 5.67. The van der Waals surface area contributed by atoms with Crippen LogP contribution in [0, 0.1) is 12.3 Å². The fraction of sp³-hybridized carbons (Fsp3) is 0.750. The molecule has 90 valence electrons. The molecule has 1 N–H and O–H groups in total. The molecule has 0 saturated carbocycles. The van der Waals surface area contributed by atoms with Crippen molar-refractivity contribution in [3.05, 3.63) is 0 Å². The summed E-state index contributed by atoms with van der Waals surface area (Å²) < 4.78 is 4.79. The maximum atomic E-state index is 11.1. The van der Waals surface area contributed by atoms with Crippen molar-refractivity contribution < 1.29 is 9.53 Å². The molecule has 0 bridgehead atoms. The number of terminal acetylenes is 1. The number of alkyl carbamates (subject to hydrolysis) is 1. The number of hydrogen-bond donors (Lipinski definition) is 1. The third-order valence-corrected chi connectivity index (χ3v) is 2.74. The number of nitrogens with one attached hydrogen (secondary N) is 1. The lowest BCUT2D eigenvalue weighted by atomic mass is 10.1. The van der Waals surface area contributed by atoms with Crippen molar-refractivity contribution in [2.24, 2.45) is 0 Å². The lowest BCUT2D eigenvalue weighted by Gasteiger charge is -2.31. The Bertz CT molecular complexity index is 254. The minimum Gasteiger partial charge on any atom is -0.450 e. The van der Waals surface area contributed by atoms with E-state index in [0.717, 1.165) is 13.1 Å². The van der Waals surface area contributed by atoms with E-state index in [2.05, 4.69) is 16.1 Å². The van der Waals surface area contributed by atoms with E-state index < -0.39 is 0 Å². The van der Waals surface area contributed by atoms with E-state index in [9.17, 15) is 4.79 Å². The van der Waals surface area contributed by atoms with E-state index in [1.165, 1.54) is 19.3 Å². The van der Waals surface area contributed by atoms with E-state index in [0.29, 0.717) is 13.2 Å². The molecule has 1 saturated heterocycles. The number of hydrogen-bond acceptors (Lipinski definition) is 3. The highest BCUT2D eigenvalue weighted by atomic mass is 16.5. The van der Waals surface area contributed by atoms with Crippen LogP contribution in [0.25, 0.3) is 0 Å². The van der Waals surface area contributed by atoms with Gasteiger partial charge in [0.05, 0.1) is 12.6 Å². The second-order valence-electron chi connectivity index (χ2n) is 3.88. The van der Waals surface area contributed by atoms with E-state index in [-0.39, 0.29) is 12.1 Å². The minimum absolute atomic E-state index is 0.00953. The molecule has 0 radical (unpaired) electrons. The number of carbonyl (C=O) groups is 1. The van der Waals surface area contributed by atoms with Crippen LogP contribution < -0.4 is 5.32 Å². The number of rotatable bonds is 4. The molecular weight excluding hydrogens is 204 g/mol. The molecule has 0 aromatic heterocycles. The van der Waals surface area contributed by atoms with E-state index in [1.54, 1.807) is 6.92 Å². The average molecular weight is 224 g/mol. The molecule has 1 aliphatic rings. The van der Waals surface area contributed by atoms with Crippen LogP contribution in [0.5, 0.6) is 0 Å². The van der Waals surface area contributed by atoms with Crippen molar-refractivity contribution >= 4 is 6.09 Å². The first-order chi connectivity index (χ1) is 7.77. The molecule has 0 spiro atoms. The van der Waals surface area contributed by atoms with E-state index >= 15 is 0 Å².